The van der Waals surface area contributed by atoms with E-state index in [-0.39, 0.29) is 16.3 Å². The molecule has 0 aliphatic heterocycles. The molecule has 4 rings (SSSR count). The molecule has 2 aromatic heterocycles. The van der Waals surface area contributed by atoms with E-state index in [9.17, 15) is 13.2 Å². The van der Waals surface area contributed by atoms with E-state index in [4.69, 9.17) is 14.6 Å². The normalized spacial score (nSPS) is 11.5. The number of para-hydroxylation sites is 1. The number of nitrogens with zero attached hydrogens (tertiary/aromatic N) is 3. The number of hydrogen-bond acceptors (Lipinski definition) is 7. The molecule has 0 saturated heterocycles. The van der Waals surface area contributed by atoms with Crippen molar-refractivity contribution < 1.29 is 22.7 Å². The second-order valence-electron chi connectivity index (χ2n) is 7.06. The van der Waals surface area contributed by atoms with Gasteiger partial charge in [-0.05, 0) is 35.9 Å². The number of benzene rings is 2. The van der Waals surface area contributed by atoms with Gasteiger partial charge in [0.2, 0.25) is 15.9 Å². The lowest BCUT2D eigenvalue weighted by molar-refractivity contribution is 0.0598. The summed E-state index contributed by atoms with van der Waals surface area (Å²) in [6.45, 7) is 0. The zero-order chi connectivity index (χ0) is 22.9. The monoisotopic (exact) mass is 452 g/mol. The molecule has 0 fully saturated rings. The van der Waals surface area contributed by atoms with Crippen molar-refractivity contribution in [2.24, 2.45) is 12.2 Å². The van der Waals surface area contributed by atoms with Crippen molar-refractivity contribution in [3.05, 3.63) is 77.7 Å². The number of fused-ring (bicyclic) bond motifs is 1. The molecular weight excluding hydrogens is 432 g/mol. The summed E-state index contributed by atoms with van der Waals surface area (Å²) in [4.78, 5) is 21.3. The van der Waals surface area contributed by atoms with Crippen molar-refractivity contribution in [2.45, 2.75) is 11.3 Å². The lowest BCUT2D eigenvalue weighted by Gasteiger charge is -2.12. The predicted octanol–water partition coefficient (Wildman–Crippen LogP) is 2.79. The maximum atomic E-state index is 12.1. The molecule has 2 aromatic carbocycles. The molecule has 32 heavy (non-hydrogen) atoms. The predicted molar refractivity (Wildman–Crippen MR) is 117 cm³/mol. The second-order valence-corrected chi connectivity index (χ2v) is 8.62. The Morgan fingerprint density at radius 3 is 2.47 bits per heavy atom. The number of aryl methyl sites for hydroxylation is 1. The summed E-state index contributed by atoms with van der Waals surface area (Å²) in [5.41, 5.74) is 2.41. The Kier molecular flexibility index (Phi) is 5.64. The quantitative estimate of drug-likeness (QED) is 0.446. The van der Waals surface area contributed by atoms with Gasteiger partial charge in [0.1, 0.15) is 22.7 Å². The fourth-order valence-electron chi connectivity index (χ4n) is 3.27. The first-order chi connectivity index (χ1) is 15.3. The first kappa shape index (κ1) is 21.5. The van der Waals surface area contributed by atoms with Crippen LogP contribution in [-0.2, 0) is 28.2 Å². The summed E-state index contributed by atoms with van der Waals surface area (Å²) in [6.07, 6.45) is 2.17. The summed E-state index contributed by atoms with van der Waals surface area (Å²) in [5, 5.41) is 5.16. The number of rotatable bonds is 6. The van der Waals surface area contributed by atoms with Crippen molar-refractivity contribution in [3.63, 3.8) is 0 Å². The molecular formula is C22H20N4O5S. The van der Waals surface area contributed by atoms with Crippen LogP contribution in [0.5, 0.6) is 11.6 Å². The molecule has 0 unspecified atom stereocenters. The van der Waals surface area contributed by atoms with Crippen LogP contribution in [0.2, 0.25) is 0 Å². The minimum Gasteiger partial charge on any atom is -0.465 e. The number of hydrogen-bond donors (Lipinski definition) is 1. The van der Waals surface area contributed by atoms with Gasteiger partial charge in [0.25, 0.3) is 0 Å². The molecule has 0 amide bonds. The Bertz CT molecular complexity index is 1410. The van der Waals surface area contributed by atoms with Gasteiger partial charge in [-0.15, -0.1) is 0 Å². The summed E-state index contributed by atoms with van der Waals surface area (Å²) >= 11 is 0. The first-order valence-corrected chi connectivity index (χ1v) is 11.1. The molecule has 0 atom stereocenters. The third-order valence-corrected chi connectivity index (χ3v) is 5.78. The number of primary sulfonamides is 1. The van der Waals surface area contributed by atoms with Gasteiger partial charge in [-0.25, -0.2) is 23.3 Å². The van der Waals surface area contributed by atoms with Gasteiger partial charge in [-0.1, -0.05) is 24.3 Å². The lowest BCUT2D eigenvalue weighted by Crippen LogP contribution is -2.12. The minimum atomic E-state index is -3.76. The van der Waals surface area contributed by atoms with Crippen molar-refractivity contribution in [2.75, 3.05) is 7.11 Å². The first-order valence-electron chi connectivity index (χ1n) is 9.55. The average Bonchev–Trinajstić information content (AvgIpc) is 3.14. The topological polar surface area (TPSA) is 126 Å². The van der Waals surface area contributed by atoms with E-state index in [0.717, 1.165) is 5.56 Å². The Morgan fingerprint density at radius 1 is 1.06 bits per heavy atom. The van der Waals surface area contributed by atoms with E-state index in [2.05, 4.69) is 9.97 Å². The molecule has 164 valence electrons. The van der Waals surface area contributed by atoms with Gasteiger partial charge in [0.15, 0.2) is 0 Å². The number of ether oxygens (including phenoxy) is 2. The van der Waals surface area contributed by atoms with Crippen LogP contribution in [0.3, 0.4) is 0 Å². The molecule has 9 nitrogen and oxygen atoms in total. The molecule has 2 N–H and O–H groups in total. The van der Waals surface area contributed by atoms with Gasteiger partial charge in [-0.3, -0.25) is 0 Å². The number of carbonyl (C=O) groups is 1. The third kappa shape index (κ3) is 4.32. The fraction of sp³-hybridized carbons (Fsp3) is 0.136. The van der Waals surface area contributed by atoms with Gasteiger partial charge in [0.05, 0.1) is 17.5 Å². The van der Waals surface area contributed by atoms with Crippen LogP contribution in [0.1, 0.15) is 21.7 Å². The van der Waals surface area contributed by atoms with E-state index in [1.165, 1.54) is 19.2 Å². The Labute approximate surface area is 184 Å². The van der Waals surface area contributed by atoms with E-state index >= 15 is 0 Å². The van der Waals surface area contributed by atoms with Crippen molar-refractivity contribution in [1.82, 2.24) is 14.5 Å². The number of nitrogens with two attached hydrogens (primary N) is 1. The lowest BCUT2D eigenvalue weighted by atomic mass is 10.1. The maximum absolute atomic E-state index is 12.1. The van der Waals surface area contributed by atoms with Crippen molar-refractivity contribution in [3.8, 4) is 11.6 Å². The van der Waals surface area contributed by atoms with E-state index in [0.29, 0.717) is 29.0 Å². The molecule has 0 saturated carbocycles. The summed E-state index contributed by atoms with van der Waals surface area (Å²) in [5.74, 6) is 0.546. The standard InChI is InChI=1S/C22H20N4O5S/c1-26-12-11-17-20(26)21(31-18-6-4-3-5-16(18)22(27)30-2)25-19(24-17)13-14-7-9-15(10-8-14)32(23,28)29/h3-12H,13H2,1-2H3,(H2,23,28,29). The molecule has 0 aliphatic carbocycles. The number of carbonyl (C=O) groups excluding carboxylic acids is 1. The van der Waals surface area contributed by atoms with Crippen LogP contribution in [-0.4, -0.2) is 36.0 Å². The molecule has 0 radical (unpaired) electrons. The summed E-state index contributed by atoms with van der Waals surface area (Å²) in [7, 11) is -0.617. The van der Waals surface area contributed by atoms with Crippen LogP contribution >= 0.6 is 0 Å². The minimum absolute atomic E-state index is 0.0316. The average molecular weight is 452 g/mol. The number of sulfonamides is 1. The molecule has 2 heterocycles. The van der Waals surface area contributed by atoms with E-state index in [1.54, 1.807) is 36.4 Å². The van der Waals surface area contributed by atoms with Crippen LogP contribution in [0.4, 0.5) is 0 Å². The highest BCUT2D eigenvalue weighted by Gasteiger charge is 2.18. The summed E-state index contributed by atoms with van der Waals surface area (Å²) < 4.78 is 35.7. The highest BCUT2D eigenvalue weighted by molar-refractivity contribution is 7.89. The molecule has 4 aromatic rings. The largest absolute Gasteiger partial charge is 0.465 e. The highest BCUT2D eigenvalue weighted by Crippen LogP contribution is 2.30. The van der Waals surface area contributed by atoms with Crippen LogP contribution in [0.25, 0.3) is 11.0 Å². The third-order valence-electron chi connectivity index (χ3n) is 4.85. The SMILES string of the molecule is COC(=O)c1ccccc1Oc1nc(Cc2ccc(S(N)(=O)=O)cc2)nc2ccn(C)c12. The maximum Gasteiger partial charge on any atom is 0.341 e. The zero-order valence-electron chi connectivity index (χ0n) is 17.3. The number of aromatic nitrogens is 3. The Hall–Kier alpha value is -3.76. The van der Waals surface area contributed by atoms with Crippen molar-refractivity contribution >= 4 is 27.0 Å². The molecule has 0 spiro atoms. The van der Waals surface area contributed by atoms with E-state index in [1.807, 2.05) is 23.9 Å². The number of esters is 1. The zero-order valence-corrected chi connectivity index (χ0v) is 18.2. The molecule has 10 heteroatoms. The van der Waals surface area contributed by atoms with Crippen LogP contribution in [0.15, 0.2) is 65.7 Å². The van der Waals surface area contributed by atoms with Crippen LogP contribution < -0.4 is 9.88 Å². The van der Waals surface area contributed by atoms with Gasteiger partial charge >= 0.3 is 5.97 Å². The Morgan fingerprint density at radius 2 is 1.78 bits per heavy atom. The second kappa shape index (κ2) is 8.40. The molecule has 0 bridgehead atoms. The molecule has 0 aliphatic rings. The smallest absolute Gasteiger partial charge is 0.341 e. The van der Waals surface area contributed by atoms with Gasteiger partial charge in [-0.2, -0.15) is 4.98 Å². The fourth-order valence-corrected chi connectivity index (χ4v) is 3.79. The highest BCUT2D eigenvalue weighted by atomic mass is 32.2. The van der Waals surface area contributed by atoms with Gasteiger partial charge < -0.3 is 14.0 Å². The van der Waals surface area contributed by atoms with Gasteiger partial charge in [0, 0.05) is 19.7 Å². The Balaban J connectivity index is 1.73. The number of methoxy groups -OCH3 is 1. The van der Waals surface area contributed by atoms with Crippen LogP contribution in [0, 0.1) is 0 Å². The van der Waals surface area contributed by atoms with Crippen molar-refractivity contribution in [1.29, 1.82) is 0 Å². The summed E-state index contributed by atoms with van der Waals surface area (Å²) in [6, 6.07) is 14.8. The van der Waals surface area contributed by atoms with E-state index < -0.39 is 16.0 Å².